The summed E-state index contributed by atoms with van der Waals surface area (Å²) in [5, 5.41) is 7.63. The van der Waals surface area contributed by atoms with E-state index < -0.39 is 0 Å². The van der Waals surface area contributed by atoms with E-state index in [0.29, 0.717) is 11.5 Å². The van der Waals surface area contributed by atoms with Gasteiger partial charge in [0.05, 0.1) is 20.6 Å². The number of rotatable bonds is 5. The highest BCUT2D eigenvalue weighted by atomic mass is 32.1. The lowest BCUT2D eigenvalue weighted by Gasteiger charge is -2.40. The van der Waals surface area contributed by atoms with Crippen molar-refractivity contribution in [2.45, 2.75) is 57.4 Å². The Hall–Kier alpha value is -1.13. The Bertz CT molecular complexity index is 519. The number of anilines is 1. The lowest BCUT2D eigenvalue weighted by Crippen LogP contribution is -3.16. The minimum atomic E-state index is 0.321. The third-order valence-electron chi connectivity index (χ3n) is 5.29. The van der Waals surface area contributed by atoms with E-state index >= 15 is 0 Å². The van der Waals surface area contributed by atoms with Crippen LogP contribution in [0.3, 0.4) is 0 Å². The Labute approximate surface area is 146 Å². The zero-order valence-electron chi connectivity index (χ0n) is 15.0. The molecule has 1 aromatic carbocycles. The topological polar surface area (TPSA) is 28.5 Å². The van der Waals surface area contributed by atoms with Crippen molar-refractivity contribution in [3.05, 3.63) is 29.8 Å². The van der Waals surface area contributed by atoms with Crippen molar-refractivity contribution in [1.82, 2.24) is 5.32 Å². The Morgan fingerprint density at radius 3 is 2.43 bits per heavy atom. The van der Waals surface area contributed by atoms with Crippen LogP contribution in [0.1, 0.15) is 57.4 Å². The first kappa shape index (κ1) is 18.2. The van der Waals surface area contributed by atoms with Gasteiger partial charge in [0.1, 0.15) is 5.54 Å². The molecule has 4 heteroatoms. The van der Waals surface area contributed by atoms with Crippen LogP contribution in [0.4, 0.5) is 5.69 Å². The fraction of sp³-hybridized carbons (Fsp3) is 0.632. The summed E-state index contributed by atoms with van der Waals surface area (Å²) in [5.74, 6) is 0.484. The molecule has 0 aromatic heterocycles. The van der Waals surface area contributed by atoms with Crippen LogP contribution in [0, 0.1) is 0 Å². The third kappa shape index (κ3) is 4.67. The second kappa shape index (κ2) is 8.11. The normalized spacial score (nSPS) is 17.3. The van der Waals surface area contributed by atoms with E-state index in [1.807, 2.05) is 0 Å². The van der Waals surface area contributed by atoms with E-state index in [2.05, 4.69) is 62.8 Å². The molecule has 0 spiro atoms. The molecule has 1 aliphatic rings. The lowest BCUT2D eigenvalue weighted by molar-refractivity contribution is -0.916. The summed E-state index contributed by atoms with van der Waals surface area (Å²) in [4.78, 5) is 1.54. The number of quaternary nitrogens is 1. The molecule has 0 unspecified atom stereocenters. The molecule has 1 aliphatic carbocycles. The first-order valence-electron chi connectivity index (χ1n) is 8.89. The van der Waals surface area contributed by atoms with Crippen molar-refractivity contribution in [2.75, 3.05) is 26.0 Å². The second-order valence-corrected chi connectivity index (χ2v) is 7.80. The van der Waals surface area contributed by atoms with E-state index in [1.54, 1.807) is 0 Å². The van der Waals surface area contributed by atoms with Gasteiger partial charge in [0, 0.05) is 18.5 Å². The number of thiocarbonyl (C=S) groups is 1. The van der Waals surface area contributed by atoms with Gasteiger partial charge in [-0.25, -0.2) is 0 Å². The van der Waals surface area contributed by atoms with Gasteiger partial charge in [0.25, 0.3) is 0 Å². The number of hydrogen-bond donors (Lipinski definition) is 3. The summed E-state index contributed by atoms with van der Waals surface area (Å²) in [5.41, 5.74) is 2.75. The fourth-order valence-electron chi connectivity index (χ4n) is 3.61. The van der Waals surface area contributed by atoms with Gasteiger partial charge in [-0.3, -0.25) is 0 Å². The molecule has 0 atom stereocenters. The Morgan fingerprint density at radius 2 is 1.83 bits per heavy atom. The summed E-state index contributed by atoms with van der Waals surface area (Å²) in [7, 11) is 4.55. The largest absolute Gasteiger partial charge is 0.356 e. The van der Waals surface area contributed by atoms with Gasteiger partial charge in [-0.05, 0) is 42.6 Å². The zero-order chi connectivity index (χ0) is 16.9. The quantitative estimate of drug-likeness (QED) is 0.723. The van der Waals surface area contributed by atoms with Crippen LogP contribution >= 0.6 is 12.2 Å². The highest BCUT2D eigenvalue weighted by molar-refractivity contribution is 7.80. The average Bonchev–Trinajstić information content (AvgIpc) is 2.54. The fourth-order valence-corrected chi connectivity index (χ4v) is 3.79. The molecule has 0 aliphatic heterocycles. The summed E-state index contributed by atoms with van der Waals surface area (Å²) >= 11 is 5.56. The monoisotopic (exact) mass is 334 g/mol. The Balaban J connectivity index is 1.97. The van der Waals surface area contributed by atoms with Gasteiger partial charge < -0.3 is 15.5 Å². The van der Waals surface area contributed by atoms with Crippen molar-refractivity contribution in [3.8, 4) is 0 Å². The molecule has 23 heavy (non-hydrogen) atoms. The molecule has 0 amide bonds. The average molecular weight is 335 g/mol. The molecule has 3 N–H and O–H groups in total. The maximum absolute atomic E-state index is 5.56. The molecule has 0 bridgehead atoms. The molecule has 1 aromatic rings. The van der Waals surface area contributed by atoms with Gasteiger partial charge in [0.2, 0.25) is 0 Å². The number of para-hydroxylation sites is 1. The Kier molecular flexibility index (Phi) is 6.42. The van der Waals surface area contributed by atoms with Crippen molar-refractivity contribution < 1.29 is 4.90 Å². The highest BCUT2D eigenvalue weighted by Gasteiger charge is 2.37. The van der Waals surface area contributed by atoms with Crippen molar-refractivity contribution >= 4 is 23.0 Å². The minimum absolute atomic E-state index is 0.321. The highest BCUT2D eigenvalue weighted by Crippen LogP contribution is 2.25. The second-order valence-electron chi connectivity index (χ2n) is 7.39. The van der Waals surface area contributed by atoms with Crippen molar-refractivity contribution in [2.24, 2.45) is 0 Å². The molecule has 2 rings (SSSR count). The first-order chi connectivity index (χ1) is 10.9. The van der Waals surface area contributed by atoms with E-state index in [1.165, 1.54) is 42.6 Å². The van der Waals surface area contributed by atoms with E-state index in [9.17, 15) is 0 Å². The van der Waals surface area contributed by atoms with Gasteiger partial charge in [-0.15, -0.1) is 0 Å². The van der Waals surface area contributed by atoms with Crippen LogP contribution in [0.25, 0.3) is 0 Å². The minimum Gasteiger partial charge on any atom is -0.356 e. The molecular formula is C19H32N3S+. The zero-order valence-corrected chi connectivity index (χ0v) is 15.9. The summed E-state index contributed by atoms with van der Waals surface area (Å²) in [6, 6.07) is 8.42. The standard InChI is InChI=1S/C19H31N3S/c1-15(2)16-10-6-7-11-17(16)21-18(23)20-14-19(22(3)4)12-8-5-9-13-19/h6-7,10-11,15H,5,8-9,12-14H2,1-4H3,(H2,20,21,23)/p+1. The smallest absolute Gasteiger partial charge is 0.171 e. The molecular weight excluding hydrogens is 302 g/mol. The van der Waals surface area contributed by atoms with E-state index in [-0.39, 0.29) is 0 Å². The first-order valence-corrected chi connectivity index (χ1v) is 9.30. The third-order valence-corrected chi connectivity index (χ3v) is 5.54. The lowest BCUT2D eigenvalue weighted by atomic mass is 9.80. The molecule has 3 nitrogen and oxygen atoms in total. The van der Waals surface area contributed by atoms with Crippen LogP contribution in [0.15, 0.2) is 24.3 Å². The summed E-state index contributed by atoms with van der Waals surface area (Å²) in [6.45, 7) is 5.37. The maximum Gasteiger partial charge on any atom is 0.171 e. The molecule has 1 saturated carbocycles. The van der Waals surface area contributed by atoms with E-state index in [4.69, 9.17) is 12.2 Å². The predicted molar refractivity (Wildman–Crippen MR) is 103 cm³/mol. The van der Waals surface area contributed by atoms with Crippen LogP contribution in [-0.4, -0.2) is 31.3 Å². The van der Waals surface area contributed by atoms with Gasteiger partial charge in [0.15, 0.2) is 5.11 Å². The van der Waals surface area contributed by atoms with Crippen LogP contribution in [-0.2, 0) is 0 Å². The Morgan fingerprint density at radius 1 is 1.17 bits per heavy atom. The molecule has 128 valence electrons. The van der Waals surface area contributed by atoms with Crippen LogP contribution in [0.5, 0.6) is 0 Å². The predicted octanol–water partition coefficient (Wildman–Crippen LogP) is 2.94. The van der Waals surface area contributed by atoms with Gasteiger partial charge in [-0.2, -0.15) is 0 Å². The molecule has 0 heterocycles. The molecule has 0 radical (unpaired) electrons. The summed E-state index contributed by atoms with van der Waals surface area (Å²) in [6.07, 6.45) is 6.62. The number of benzene rings is 1. The summed E-state index contributed by atoms with van der Waals surface area (Å²) < 4.78 is 0. The number of nitrogens with one attached hydrogen (secondary N) is 3. The molecule has 0 saturated heterocycles. The van der Waals surface area contributed by atoms with Gasteiger partial charge in [-0.1, -0.05) is 38.5 Å². The van der Waals surface area contributed by atoms with Crippen LogP contribution < -0.4 is 15.5 Å². The number of likely N-dealkylation sites (N-methyl/N-ethyl adjacent to an activating group) is 1. The number of hydrogen-bond acceptors (Lipinski definition) is 1. The van der Waals surface area contributed by atoms with Crippen molar-refractivity contribution in [3.63, 3.8) is 0 Å². The van der Waals surface area contributed by atoms with Crippen molar-refractivity contribution in [1.29, 1.82) is 0 Å². The van der Waals surface area contributed by atoms with Gasteiger partial charge >= 0.3 is 0 Å². The van der Waals surface area contributed by atoms with Crippen LogP contribution in [0.2, 0.25) is 0 Å². The molecule has 1 fully saturated rings. The van der Waals surface area contributed by atoms with E-state index in [0.717, 1.165) is 17.3 Å². The SMILES string of the molecule is CC(C)c1ccccc1NC(=S)NCC1([NH+](C)C)CCCCC1. The maximum atomic E-state index is 5.56.